The maximum atomic E-state index is 10.9. The van der Waals surface area contributed by atoms with Crippen molar-refractivity contribution >= 4 is 23.3 Å². The van der Waals surface area contributed by atoms with Crippen molar-refractivity contribution in [2.75, 3.05) is 5.73 Å². The van der Waals surface area contributed by atoms with Crippen LogP contribution in [-0.2, 0) is 5.75 Å². The third-order valence-electron chi connectivity index (χ3n) is 2.67. The van der Waals surface area contributed by atoms with E-state index in [0.29, 0.717) is 22.2 Å². The van der Waals surface area contributed by atoms with E-state index in [1.165, 1.54) is 24.0 Å². The number of nitrogens with zero attached hydrogens (tertiary/aromatic N) is 3. The lowest BCUT2D eigenvalue weighted by Crippen LogP contribution is -1.97. The molecule has 0 fully saturated rings. The summed E-state index contributed by atoms with van der Waals surface area (Å²) in [6.45, 7) is 1.74. The number of anilines is 1. The molecule has 0 spiro atoms. The predicted molar refractivity (Wildman–Crippen MR) is 73.8 cm³/mol. The second-order valence-electron chi connectivity index (χ2n) is 3.85. The minimum atomic E-state index is -0.375. The average molecular weight is 276 g/mol. The van der Waals surface area contributed by atoms with Gasteiger partial charge >= 0.3 is 0 Å². The lowest BCUT2D eigenvalue weighted by atomic mass is 10.1. The van der Waals surface area contributed by atoms with Crippen molar-refractivity contribution in [2.45, 2.75) is 17.7 Å². The molecule has 0 bridgehead atoms. The molecule has 2 N–H and O–H groups in total. The first-order valence-corrected chi connectivity index (χ1v) is 6.50. The van der Waals surface area contributed by atoms with Crippen LogP contribution in [0.2, 0.25) is 0 Å². The lowest BCUT2D eigenvalue weighted by molar-refractivity contribution is -0.385. The SMILES string of the molecule is Cc1c(CSc2nccnc2N)cccc1[N+](=O)[O-]. The molecule has 0 aliphatic heterocycles. The molecule has 2 rings (SSSR count). The molecule has 7 heteroatoms. The Labute approximate surface area is 114 Å². The highest BCUT2D eigenvalue weighted by atomic mass is 32.2. The Bertz CT molecular complexity index is 618. The van der Waals surface area contributed by atoms with Crippen molar-refractivity contribution in [2.24, 2.45) is 0 Å². The number of nitrogen functional groups attached to an aromatic ring is 1. The number of nitrogens with two attached hydrogens (primary N) is 1. The number of aromatic nitrogens is 2. The van der Waals surface area contributed by atoms with Crippen molar-refractivity contribution in [3.63, 3.8) is 0 Å². The summed E-state index contributed by atoms with van der Waals surface area (Å²) >= 11 is 1.41. The number of hydrogen-bond donors (Lipinski definition) is 1. The summed E-state index contributed by atoms with van der Waals surface area (Å²) in [5.74, 6) is 0.937. The summed E-state index contributed by atoms with van der Waals surface area (Å²) in [5.41, 5.74) is 7.39. The van der Waals surface area contributed by atoms with E-state index in [2.05, 4.69) is 9.97 Å². The van der Waals surface area contributed by atoms with Crippen molar-refractivity contribution in [3.05, 3.63) is 51.8 Å². The van der Waals surface area contributed by atoms with Crippen LogP contribution in [0, 0.1) is 17.0 Å². The van der Waals surface area contributed by atoms with E-state index < -0.39 is 0 Å². The summed E-state index contributed by atoms with van der Waals surface area (Å²) < 4.78 is 0. The molecule has 1 aromatic carbocycles. The van der Waals surface area contributed by atoms with Gasteiger partial charge in [0, 0.05) is 29.8 Å². The van der Waals surface area contributed by atoms with Gasteiger partial charge in [-0.1, -0.05) is 23.9 Å². The van der Waals surface area contributed by atoms with Crippen molar-refractivity contribution in [1.29, 1.82) is 0 Å². The van der Waals surface area contributed by atoms with Gasteiger partial charge in [-0.25, -0.2) is 9.97 Å². The molecule has 6 nitrogen and oxygen atoms in total. The number of nitro benzene ring substituents is 1. The summed E-state index contributed by atoms with van der Waals surface area (Å²) in [5, 5.41) is 11.5. The maximum Gasteiger partial charge on any atom is 0.272 e. The minimum Gasteiger partial charge on any atom is -0.381 e. The van der Waals surface area contributed by atoms with Crippen molar-refractivity contribution in [3.8, 4) is 0 Å². The fraction of sp³-hybridized carbons (Fsp3) is 0.167. The van der Waals surface area contributed by atoms with Crippen LogP contribution in [-0.4, -0.2) is 14.9 Å². The Morgan fingerprint density at radius 2 is 2.11 bits per heavy atom. The quantitative estimate of drug-likeness (QED) is 0.524. The zero-order chi connectivity index (χ0) is 13.8. The monoisotopic (exact) mass is 276 g/mol. The van der Waals surface area contributed by atoms with Gasteiger partial charge in [-0.2, -0.15) is 0 Å². The fourth-order valence-electron chi connectivity index (χ4n) is 1.62. The summed E-state index contributed by atoms with van der Waals surface area (Å²) in [7, 11) is 0. The molecular formula is C12H12N4O2S. The third kappa shape index (κ3) is 3.00. The molecule has 1 aromatic heterocycles. The van der Waals surface area contributed by atoms with Crippen molar-refractivity contribution in [1.82, 2.24) is 9.97 Å². The number of hydrogen-bond acceptors (Lipinski definition) is 6. The molecule has 19 heavy (non-hydrogen) atoms. The summed E-state index contributed by atoms with van der Waals surface area (Å²) in [6.07, 6.45) is 3.09. The molecule has 0 aliphatic carbocycles. The predicted octanol–water partition coefficient (Wildman–Crippen LogP) is 2.57. The average Bonchev–Trinajstić information content (AvgIpc) is 2.39. The highest BCUT2D eigenvalue weighted by Gasteiger charge is 2.13. The van der Waals surface area contributed by atoms with Gasteiger partial charge in [-0.05, 0) is 12.5 Å². The van der Waals surface area contributed by atoms with E-state index in [-0.39, 0.29) is 10.6 Å². The van der Waals surface area contributed by atoms with Gasteiger partial charge in [0.15, 0.2) is 5.82 Å². The molecular weight excluding hydrogens is 264 g/mol. The number of rotatable bonds is 4. The van der Waals surface area contributed by atoms with Gasteiger partial charge in [-0.3, -0.25) is 10.1 Å². The molecule has 0 saturated carbocycles. The van der Waals surface area contributed by atoms with Gasteiger partial charge in [0.05, 0.1) is 4.92 Å². The van der Waals surface area contributed by atoms with E-state index in [9.17, 15) is 10.1 Å². The maximum absolute atomic E-state index is 10.9. The first-order chi connectivity index (χ1) is 9.09. The number of nitro groups is 1. The smallest absolute Gasteiger partial charge is 0.272 e. The molecule has 98 valence electrons. The van der Waals surface area contributed by atoms with Crippen LogP contribution in [0.5, 0.6) is 0 Å². The van der Waals surface area contributed by atoms with Crippen LogP contribution in [0.1, 0.15) is 11.1 Å². The summed E-state index contributed by atoms with van der Waals surface area (Å²) in [4.78, 5) is 18.6. The molecule has 0 unspecified atom stereocenters. The first kappa shape index (κ1) is 13.3. The van der Waals surface area contributed by atoms with Crippen LogP contribution in [0.25, 0.3) is 0 Å². The van der Waals surface area contributed by atoms with Crippen LogP contribution >= 0.6 is 11.8 Å². The largest absolute Gasteiger partial charge is 0.381 e. The van der Waals surface area contributed by atoms with E-state index in [0.717, 1.165) is 5.56 Å². The normalized spacial score (nSPS) is 10.4. The third-order valence-corrected chi connectivity index (χ3v) is 3.71. The second kappa shape index (κ2) is 5.66. The van der Waals surface area contributed by atoms with Crippen LogP contribution < -0.4 is 5.73 Å². The van der Waals surface area contributed by atoms with Crippen LogP contribution in [0.15, 0.2) is 35.6 Å². The van der Waals surface area contributed by atoms with Gasteiger partial charge in [0.1, 0.15) is 5.03 Å². The van der Waals surface area contributed by atoms with E-state index in [1.54, 1.807) is 19.2 Å². The molecule has 0 saturated heterocycles. The standard InChI is InChI=1S/C12H12N4O2S/c1-8-9(3-2-4-10(8)16(17)18)7-19-12-11(13)14-5-6-15-12/h2-6H,7H2,1H3,(H2,13,14). The molecule has 2 aromatic rings. The first-order valence-electron chi connectivity index (χ1n) is 5.51. The zero-order valence-electron chi connectivity index (χ0n) is 10.2. The van der Waals surface area contributed by atoms with E-state index in [1.807, 2.05) is 6.07 Å². The molecule has 0 atom stereocenters. The highest BCUT2D eigenvalue weighted by molar-refractivity contribution is 7.98. The number of benzene rings is 1. The van der Waals surface area contributed by atoms with Crippen molar-refractivity contribution < 1.29 is 4.92 Å². The Balaban J connectivity index is 2.19. The fourth-order valence-corrected chi connectivity index (χ4v) is 2.56. The molecule has 0 amide bonds. The summed E-state index contributed by atoms with van der Waals surface area (Å²) in [6, 6.07) is 5.04. The Kier molecular flexibility index (Phi) is 3.96. The topological polar surface area (TPSA) is 94.9 Å². The van der Waals surface area contributed by atoms with Crippen LogP contribution in [0.4, 0.5) is 11.5 Å². The number of thioether (sulfide) groups is 1. The van der Waals surface area contributed by atoms with E-state index in [4.69, 9.17) is 5.73 Å². The molecule has 0 radical (unpaired) electrons. The van der Waals surface area contributed by atoms with E-state index >= 15 is 0 Å². The highest BCUT2D eigenvalue weighted by Crippen LogP contribution is 2.28. The van der Waals surface area contributed by atoms with Gasteiger partial charge in [-0.15, -0.1) is 0 Å². The van der Waals surface area contributed by atoms with Gasteiger partial charge in [0.25, 0.3) is 5.69 Å². The Hall–Kier alpha value is -2.15. The Morgan fingerprint density at radius 3 is 2.79 bits per heavy atom. The Morgan fingerprint density at radius 1 is 1.37 bits per heavy atom. The molecule has 1 heterocycles. The van der Waals surface area contributed by atoms with Crippen LogP contribution in [0.3, 0.4) is 0 Å². The van der Waals surface area contributed by atoms with Gasteiger partial charge in [0.2, 0.25) is 0 Å². The molecule has 0 aliphatic rings. The minimum absolute atomic E-state index is 0.130. The van der Waals surface area contributed by atoms with Gasteiger partial charge < -0.3 is 5.73 Å². The lowest BCUT2D eigenvalue weighted by Gasteiger charge is -2.06. The zero-order valence-corrected chi connectivity index (χ0v) is 11.1. The second-order valence-corrected chi connectivity index (χ2v) is 4.82.